The Hall–Kier alpha value is -1.91. The average molecular weight is 204 g/mol. The Balaban J connectivity index is 2.33. The molecule has 0 saturated heterocycles. The van der Waals surface area contributed by atoms with E-state index in [2.05, 4.69) is 22.0 Å². The minimum Gasteiger partial charge on any atom is -0.319 e. The van der Waals surface area contributed by atoms with Crippen molar-refractivity contribution in [3.8, 4) is 11.3 Å². The monoisotopic (exact) mass is 204 g/mol. The number of nitrogens with one attached hydrogen (secondary N) is 1. The molecule has 2 aromatic rings. The molecular formula is C10H12N4O. The fraction of sp³-hybridized carbons (Fsp3) is 0.300. The van der Waals surface area contributed by atoms with E-state index in [0.29, 0.717) is 5.69 Å². The van der Waals surface area contributed by atoms with Crippen LogP contribution in [0.1, 0.15) is 13.3 Å². The van der Waals surface area contributed by atoms with E-state index in [1.807, 2.05) is 10.9 Å². The van der Waals surface area contributed by atoms with Gasteiger partial charge in [0.05, 0.1) is 24.3 Å². The minimum atomic E-state index is -0.198. The van der Waals surface area contributed by atoms with E-state index in [4.69, 9.17) is 0 Å². The molecule has 0 aliphatic carbocycles. The zero-order valence-electron chi connectivity index (χ0n) is 8.47. The first kappa shape index (κ1) is 9.64. The molecule has 0 aliphatic heterocycles. The molecule has 0 aliphatic rings. The van der Waals surface area contributed by atoms with E-state index in [9.17, 15) is 4.79 Å². The van der Waals surface area contributed by atoms with Crippen LogP contribution in [0.15, 0.2) is 29.6 Å². The molecule has 0 atom stereocenters. The van der Waals surface area contributed by atoms with Crippen molar-refractivity contribution >= 4 is 0 Å². The van der Waals surface area contributed by atoms with E-state index >= 15 is 0 Å². The Kier molecular flexibility index (Phi) is 2.62. The van der Waals surface area contributed by atoms with Crippen molar-refractivity contribution in [3.05, 3.63) is 35.1 Å². The van der Waals surface area contributed by atoms with Crippen LogP contribution in [0.5, 0.6) is 0 Å². The largest absolute Gasteiger partial charge is 0.319 e. The molecule has 1 N–H and O–H groups in total. The number of H-pyrrole nitrogens is 1. The number of hydrogen-bond donors (Lipinski definition) is 1. The first-order chi connectivity index (χ1) is 7.29. The first-order valence-electron chi connectivity index (χ1n) is 4.86. The van der Waals surface area contributed by atoms with Crippen molar-refractivity contribution in [1.82, 2.24) is 19.7 Å². The molecule has 15 heavy (non-hydrogen) atoms. The average Bonchev–Trinajstić information content (AvgIpc) is 2.67. The third kappa shape index (κ3) is 2.12. The van der Waals surface area contributed by atoms with Crippen molar-refractivity contribution in [3.63, 3.8) is 0 Å². The van der Waals surface area contributed by atoms with Crippen molar-refractivity contribution in [2.75, 3.05) is 0 Å². The number of aryl methyl sites for hydroxylation is 1. The van der Waals surface area contributed by atoms with Crippen LogP contribution in [0, 0.1) is 0 Å². The van der Waals surface area contributed by atoms with Crippen LogP contribution >= 0.6 is 0 Å². The van der Waals surface area contributed by atoms with Crippen LogP contribution in [-0.4, -0.2) is 19.7 Å². The highest BCUT2D eigenvalue weighted by molar-refractivity contribution is 5.55. The molecule has 2 aromatic heterocycles. The van der Waals surface area contributed by atoms with Gasteiger partial charge < -0.3 is 4.98 Å². The van der Waals surface area contributed by atoms with Gasteiger partial charge in [-0.15, -0.1) is 0 Å². The number of aromatic amines is 1. The third-order valence-corrected chi connectivity index (χ3v) is 2.05. The van der Waals surface area contributed by atoms with E-state index in [1.165, 1.54) is 6.20 Å². The van der Waals surface area contributed by atoms with Gasteiger partial charge in [-0.3, -0.25) is 14.5 Å². The maximum absolute atomic E-state index is 11.1. The number of aromatic nitrogens is 4. The van der Waals surface area contributed by atoms with Gasteiger partial charge in [0.2, 0.25) is 0 Å². The van der Waals surface area contributed by atoms with Gasteiger partial charge in [-0.25, -0.2) is 0 Å². The van der Waals surface area contributed by atoms with E-state index in [1.54, 1.807) is 12.4 Å². The molecule has 0 radical (unpaired) electrons. The van der Waals surface area contributed by atoms with Crippen molar-refractivity contribution in [1.29, 1.82) is 0 Å². The van der Waals surface area contributed by atoms with Crippen LogP contribution in [0.25, 0.3) is 11.3 Å². The Morgan fingerprint density at radius 1 is 1.40 bits per heavy atom. The van der Waals surface area contributed by atoms with E-state index in [0.717, 1.165) is 18.5 Å². The summed E-state index contributed by atoms with van der Waals surface area (Å²) in [4.78, 5) is 17.6. The molecule has 0 fully saturated rings. The Morgan fingerprint density at radius 3 is 3.00 bits per heavy atom. The molecule has 0 aromatic carbocycles. The van der Waals surface area contributed by atoms with Crippen LogP contribution in [0.2, 0.25) is 0 Å². The van der Waals surface area contributed by atoms with Crippen LogP contribution < -0.4 is 5.56 Å². The summed E-state index contributed by atoms with van der Waals surface area (Å²) in [5.74, 6) is 0. The standard InChI is InChI=1S/C10H12N4O/c1-2-3-14-7-8(4-12-14)9-5-11-6-10(15)13-9/h4-7H,2-3H2,1H3,(H,13,15). The highest BCUT2D eigenvalue weighted by atomic mass is 16.1. The summed E-state index contributed by atoms with van der Waals surface area (Å²) in [7, 11) is 0. The zero-order valence-corrected chi connectivity index (χ0v) is 8.47. The molecule has 5 nitrogen and oxygen atoms in total. The molecule has 0 amide bonds. The van der Waals surface area contributed by atoms with Gasteiger partial charge in [-0.1, -0.05) is 6.92 Å². The third-order valence-electron chi connectivity index (χ3n) is 2.05. The van der Waals surface area contributed by atoms with Gasteiger partial charge in [0.25, 0.3) is 5.56 Å². The lowest BCUT2D eigenvalue weighted by Gasteiger charge is -1.96. The quantitative estimate of drug-likeness (QED) is 0.812. The maximum atomic E-state index is 11.1. The lowest BCUT2D eigenvalue weighted by atomic mass is 10.3. The second-order valence-corrected chi connectivity index (χ2v) is 3.30. The molecule has 0 bridgehead atoms. The fourth-order valence-electron chi connectivity index (χ4n) is 1.38. The summed E-state index contributed by atoms with van der Waals surface area (Å²) in [6.45, 7) is 2.97. The first-order valence-corrected chi connectivity index (χ1v) is 4.86. The molecule has 5 heteroatoms. The maximum Gasteiger partial charge on any atom is 0.266 e. The lowest BCUT2D eigenvalue weighted by molar-refractivity contribution is 0.603. The van der Waals surface area contributed by atoms with Crippen molar-refractivity contribution < 1.29 is 0 Å². The van der Waals surface area contributed by atoms with Crippen LogP contribution in [0.3, 0.4) is 0 Å². The van der Waals surface area contributed by atoms with E-state index < -0.39 is 0 Å². The summed E-state index contributed by atoms with van der Waals surface area (Å²) in [5.41, 5.74) is 1.38. The highest BCUT2D eigenvalue weighted by Gasteiger charge is 2.01. The van der Waals surface area contributed by atoms with Gasteiger partial charge in [0.1, 0.15) is 0 Å². The van der Waals surface area contributed by atoms with Crippen LogP contribution in [-0.2, 0) is 6.54 Å². The predicted molar refractivity (Wildman–Crippen MR) is 56.4 cm³/mol. The van der Waals surface area contributed by atoms with Crippen molar-refractivity contribution in [2.24, 2.45) is 0 Å². The van der Waals surface area contributed by atoms with Gasteiger partial charge in [0.15, 0.2) is 0 Å². The molecule has 0 saturated carbocycles. The summed E-state index contributed by atoms with van der Waals surface area (Å²) in [6, 6.07) is 0. The second-order valence-electron chi connectivity index (χ2n) is 3.30. The Labute approximate surface area is 86.8 Å². The van der Waals surface area contributed by atoms with Crippen LogP contribution in [0.4, 0.5) is 0 Å². The minimum absolute atomic E-state index is 0.198. The summed E-state index contributed by atoms with van der Waals surface area (Å²) in [5, 5.41) is 4.18. The second kappa shape index (κ2) is 4.08. The molecular weight excluding hydrogens is 192 g/mol. The summed E-state index contributed by atoms with van der Waals surface area (Å²) in [6.07, 6.45) is 7.53. The smallest absolute Gasteiger partial charge is 0.266 e. The normalized spacial score (nSPS) is 10.5. The van der Waals surface area contributed by atoms with Gasteiger partial charge in [-0.05, 0) is 6.42 Å². The molecule has 2 heterocycles. The molecule has 0 unspecified atom stereocenters. The Bertz CT molecular complexity index is 500. The fourth-order valence-corrected chi connectivity index (χ4v) is 1.38. The number of rotatable bonds is 3. The summed E-state index contributed by atoms with van der Waals surface area (Å²) >= 11 is 0. The predicted octanol–water partition coefficient (Wildman–Crippen LogP) is 1.04. The lowest BCUT2D eigenvalue weighted by Crippen LogP contribution is -2.05. The van der Waals surface area contributed by atoms with Gasteiger partial charge in [0, 0.05) is 18.3 Å². The number of hydrogen-bond acceptors (Lipinski definition) is 3. The SMILES string of the molecule is CCCn1cc(-c2cncc(=O)[nH]2)cn1. The molecule has 2 rings (SSSR count). The summed E-state index contributed by atoms with van der Waals surface area (Å²) < 4.78 is 1.85. The Morgan fingerprint density at radius 2 is 2.27 bits per heavy atom. The van der Waals surface area contributed by atoms with Crippen molar-refractivity contribution in [2.45, 2.75) is 19.9 Å². The van der Waals surface area contributed by atoms with Gasteiger partial charge in [-0.2, -0.15) is 5.10 Å². The topological polar surface area (TPSA) is 63.6 Å². The molecule has 0 spiro atoms. The number of nitrogens with zero attached hydrogens (tertiary/aromatic N) is 3. The molecule has 78 valence electrons. The van der Waals surface area contributed by atoms with Gasteiger partial charge >= 0.3 is 0 Å². The zero-order chi connectivity index (χ0) is 10.7. The van der Waals surface area contributed by atoms with E-state index in [-0.39, 0.29) is 5.56 Å². The highest BCUT2D eigenvalue weighted by Crippen LogP contribution is 2.12.